The first-order chi connectivity index (χ1) is 33.9. The van der Waals surface area contributed by atoms with Gasteiger partial charge in [0.25, 0.3) is 0 Å². The van der Waals surface area contributed by atoms with E-state index in [1.807, 2.05) is 12.3 Å². The van der Waals surface area contributed by atoms with Crippen LogP contribution in [0.3, 0.4) is 0 Å². The van der Waals surface area contributed by atoms with Gasteiger partial charge in [-0.25, -0.2) is 4.98 Å². The number of anilines is 4. The van der Waals surface area contributed by atoms with Crippen LogP contribution in [0.1, 0.15) is 130 Å². The van der Waals surface area contributed by atoms with Crippen molar-refractivity contribution in [1.82, 2.24) is 9.55 Å². The van der Waals surface area contributed by atoms with Crippen molar-refractivity contribution in [2.45, 2.75) is 124 Å². The number of fused-ring (bicyclic) bond motifs is 4. The number of benzene rings is 7. The number of nitrogens with zero attached hydrogens (tertiary/aromatic N) is 4. The van der Waals surface area contributed by atoms with Crippen molar-refractivity contribution in [3.8, 4) is 28.4 Å². The van der Waals surface area contributed by atoms with Gasteiger partial charge in [0.05, 0.1) is 0 Å². The minimum Gasteiger partial charge on any atom is -0.509 e. The van der Waals surface area contributed by atoms with E-state index in [-0.39, 0.29) is 48.1 Å². The number of hydrogen-bond donors (Lipinski definition) is 0. The van der Waals surface area contributed by atoms with Crippen LogP contribution in [0.5, 0.6) is 11.5 Å². The Bertz CT molecular complexity index is 3460. The molecular formula is C67H69N4OPt-3. The molecule has 376 valence electrons. The predicted octanol–water partition coefficient (Wildman–Crippen LogP) is 18.2. The van der Waals surface area contributed by atoms with E-state index in [4.69, 9.17) is 9.72 Å². The molecule has 0 bridgehead atoms. The first-order valence-corrected chi connectivity index (χ1v) is 25.5. The third-order valence-electron chi connectivity index (χ3n) is 14.6. The van der Waals surface area contributed by atoms with Crippen LogP contribution in [0.25, 0.3) is 38.8 Å². The second-order valence-corrected chi connectivity index (χ2v) is 24.5. The van der Waals surface area contributed by atoms with Gasteiger partial charge in [0.15, 0.2) is 0 Å². The van der Waals surface area contributed by atoms with E-state index >= 15 is 0 Å². The maximum atomic E-state index is 7.02. The van der Waals surface area contributed by atoms with Gasteiger partial charge in [-0.15, -0.1) is 53.6 Å². The molecule has 9 aromatic rings. The Morgan fingerprint density at radius 3 is 1.73 bits per heavy atom. The van der Waals surface area contributed by atoms with Crippen LogP contribution >= 0.6 is 0 Å². The standard InChI is InChI=1S/C67H69N4O.Pt/c1-63(2,3)47-31-32-68-62(40-47)71-58-29-25-45(44-21-17-15-18-22-44)33-57(58)56-28-27-54(42-60(56)71)72-55-38-51(66(10,11)12)37-53(41-55)70-43-69(52-35-49(64(4,5)6)34-50(36-52)65(7,8)9)59-30-26-48(39-61(59)70)67(13,14)46-23-19-16-20-24-46;/h15-40,43H,1-14H3;/q-3;. The van der Waals surface area contributed by atoms with Crippen molar-refractivity contribution in [1.29, 1.82) is 0 Å². The summed E-state index contributed by atoms with van der Waals surface area (Å²) >= 11 is 0. The molecule has 73 heavy (non-hydrogen) atoms. The molecule has 0 amide bonds. The van der Waals surface area contributed by atoms with Gasteiger partial charge in [-0.2, -0.15) is 6.07 Å². The summed E-state index contributed by atoms with van der Waals surface area (Å²) < 4.78 is 9.26. The van der Waals surface area contributed by atoms with Crippen LogP contribution in [-0.4, -0.2) is 9.55 Å². The molecule has 5 nitrogen and oxygen atoms in total. The average Bonchev–Trinajstić information content (AvgIpc) is 3.88. The smallest absolute Gasteiger partial charge is 0.135 e. The van der Waals surface area contributed by atoms with Gasteiger partial charge in [-0.3, -0.25) is 0 Å². The van der Waals surface area contributed by atoms with E-state index in [2.05, 4.69) is 276 Å². The van der Waals surface area contributed by atoms with Crippen LogP contribution in [0.4, 0.5) is 22.7 Å². The monoisotopic (exact) mass is 1140 g/mol. The quantitative estimate of drug-likeness (QED) is 0.142. The van der Waals surface area contributed by atoms with Gasteiger partial charge in [0.1, 0.15) is 5.82 Å². The summed E-state index contributed by atoms with van der Waals surface area (Å²) in [6, 6.07) is 62.7. The molecular weight excluding hydrogens is 1070 g/mol. The molecule has 1 aliphatic rings. The molecule has 0 spiro atoms. The molecule has 10 rings (SSSR count). The summed E-state index contributed by atoms with van der Waals surface area (Å²) in [7, 11) is 0. The van der Waals surface area contributed by atoms with Crippen molar-refractivity contribution < 1.29 is 25.8 Å². The Morgan fingerprint density at radius 1 is 0.452 bits per heavy atom. The van der Waals surface area contributed by atoms with Crippen molar-refractivity contribution in [2.24, 2.45) is 0 Å². The summed E-state index contributed by atoms with van der Waals surface area (Å²) in [4.78, 5) is 9.66. The first kappa shape index (κ1) is 51.5. The molecule has 7 aromatic carbocycles. The fourth-order valence-electron chi connectivity index (χ4n) is 9.89. The Hall–Kier alpha value is -6.42. The molecule has 0 N–H and O–H groups in total. The van der Waals surface area contributed by atoms with E-state index < -0.39 is 0 Å². The molecule has 1 aliphatic heterocycles. The van der Waals surface area contributed by atoms with E-state index in [0.29, 0.717) is 11.5 Å². The number of ether oxygens (including phenoxy) is 1. The summed E-state index contributed by atoms with van der Waals surface area (Å²) in [5, 5.41) is 2.21. The molecule has 0 fully saturated rings. The van der Waals surface area contributed by atoms with Gasteiger partial charge in [0.2, 0.25) is 0 Å². The fourth-order valence-corrected chi connectivity index (χ4v) is 9.89. The summed E-state index contributed by atoms with van der Waals surface area (Å²) in [5.41, 5.74) is 15.3. The van der Waals surface area contributed by atoms with Gasteiger partial charge in [-0.05, 0) is 108 Å². The molecule has 6 heteroatoms. The Morgan fingerprint density at radius 2 is 1.08 bits per heavy atom. The zero-order valence-electron chi connectivity index (χ0n) is 45.1. The zero-order valence-corrected chi connectivity index (χ0v) is 47.4. The molecule has 0 saturated heterocycles. The molecule has 0 aliphatic carbocycles. The van der Waals surface area contributed by atoms with Crippen molar-refractivity contribution in [3.63, 3.8) is 0 Å². The fraction of sp³-hybridized carbons (Fsp3) is 0.284. The minimum absolute atomic E-state index is 0. The van der Waals surface area contributed by atoms with Crippen LogP contribution in [0, 0.1) is 18.8 Å². The number of aromatic nitrogens is 2. The predicted molar refractivity (Wildman–Crippen MR) is 303 cm³/mol. The van der Waals surface area contributed by atoms with Gasteiger partial charge in [0, 0.05) is 66.8 Å². The van der Waals surface area contributed by atoms with Gasteiger partial charge in [-0.1, -0.05) is 187 Å². The molecule has 0 saturated carbocycles. The molecule has 0 radical (unpaired) electrons. The third-order valence-corrected chi connectivity index (χ3v) is 14.6. The SMILES string of the molecule is CC(C)(C)c1cc(Oc2[c-]c3c(cc2)c2cc(-c4ccccc4)ccc2n3-c2cc(C(C)(C)C)ccn2)[c-]c(N2[CH-]N(c3cc(C(C)(C)C)cc(C(C)(C)C)c3)c3ccc(C(C)(C)c4ccccc4)cc32)c1.[Pt]. The van der Waals surface area contributed by atoms with E-state index in [0.717, 1.165) is 61.5 Å². The molecule has 3 heterocycles. The summed E-state index contributed by atoms with van der Waals surface area (Å²) in [5.74, 6) is 2.06. The van der Waals surface area contributed by atoms with Crippen molar-refractivity contribution in [2.75, 3.05) is 9.80 Å². The van der Waals surface area contributed by atoms with Crippen LogP contribution in [-0.2, 0) is 48.1 Å². The maximum Gasteiger partial charge on any atom is 0.135 e. The second-order valence-electron chi connectivity index (χ2n) is 24.5. The largest absolute Gasteiger partial charge is 0.509 e. The van der Waals surface area contributed by atoms with Crippen molar-refractivity contribution in [3.05, 3.63) is 210 Å². The van der Waals surface area contributed by atoms with Gasteiger partial charge >= 0.3 is 0 Å². The van der Waals surface area contributed by atoms with Crippen LogP contribution < -0.4 is 14.5 Å². The Labute approximate surface area is 449 Å². The second kappa shape index (κ2) is 18.8. The first-order valence-electron chi connectivity index (χ1n) is 25.5. The van der Waals surface area contributed by atoms with Crippen LogP contribution in [0.15, 0.2) is 158 Å². The zero-order chi connectivity index (χ0) is 51.1. The average molecular weight is 1140 g/mol. The maximum absolute atomic E-state index is 7.02. The number of pyridine rings is 1. The number of hydrogen-bond acceptors (Lipinski definition) is 4. The molecule has 0 atom stereocenters. The third kappa shape index (κ3) is 10.0. The minimum atomic E-state index is -0.254. The Balaban J connectivity index is 0.00000656. The molecule has 0 unspecified atom stereocenters. The van der Waals surface area contributed by atoms with E-state index in [1.165, 1.54) is 33.4 Å². The normalized spacial score (nSPS) is 13.4. The van der Waals surface area contributed by atoms with Crippen LogP contribution in [0.2, 0.25) is 0 Å². The summed E-state index contributed by atoms with van der Waals surface area (Å²) in [6.07, 6.45) is 1.92. The van der Waals surface area contributed by atoms with Crippen molar-refractivity contribution >= 4 is 44.6 Å². The van der Waals surface area contributed by atoms with E-state index in [9.17, 15) is 0 Å². The number of rotatable bonds is 8. The Kier molecular flexibility index (Phi) is 13.3. The topological polar surface area (TPSA) is 33.5 Å². The van der Waals surface area contributed by atoms with Gasteiger partial charge < -0.3 is 19.1 Å². The molecule has 2 aromatic heterocycles. The summed E-state index contributed by atoms with van der Waals surface area (Å²) in [6.45, 7) is 34.2. The van der Waals surface area contributed by atoms with E-state index in [1.54, 1.807) is 0 Å².